The van der Waals surface area contributed by atoms with Crippen molar-refractivity contribution in [2.75, 3.05) is 38.0 Å². The van der Waals surface area contributed by atoms with E-state index in [4.69, 9.17) is 0 Å². The van der Waals surface area contributed by atoms with E-state index in [1.165, 1.54) is 12.1 Å². The van der Waals surface area contributed by atoms with Crippen molar-refractivity contribution in [2.45, 2.75) is 19.7 Å². The van der Waals surface area contributed by atoms with Crippen molar-refractivity contribution in [2.24, 2.45) is 11.8 Å². The van der Waals surface area contributed by atoms with E-state index in [1.54, 1.807) is 0 Å². The molecular formula is C18H22F3N3O3. The van der Waals surface area contributed by atoms with Crippen LogP contribution in [0, 0.1) is 11.8 Å². The highest BCUT2D eigenvalue weighted by Gasteiger charge is 2.42. The predicted octanol–water partition coefficient (Wildman–Crippen LogP) is 2.32. The summed E-state index contributed by atoms with van der Waals surface area (Å²) in [5.41, 5.74) is 0.394. The van der Waals surface area contributed by atoms with Gasteiger partial charge in [-0.15, -0.1) is 13.2 Å². The Bertz CT molecular complexity index is 685. The first-order valence-electron chi connectivity index (χ1n) is 8.88. The number of ether oxygens (including phenoxy) is 1. The van der Waals surface area contributed by atoms with Crippen LogP contribution in [0.25, 0.3) is 0 Å². The summed E-state index contributed by atoms with van der Waals surface area (Å²) < 4.78 is 40.2. The maximum Gasteiger partial charge on any atom is 0.573 e. The molecule has 1 saturated heterocycles. The van der Waals surface area contributed by atoms with E-state index in [0.717, 1.165) is 18.6 Å². The number of carbonyl (C=O) groups excluding carboxylic acids is 2. The van der Waals surface area contributed by atoms with E-state index in [2.05, 4.69) is 17.0 Å². The molecule has 0 radical (unpaired) electrons. The van der Waals surface area contributed by atoms with E-state index < -0.39 is 6.36 Å². The largest absolute Gasteiger partial charge is 0.573 e. The Labute approximate surface area is 155 Å². The fourth-order valence-corrected chi connectivity index (χ4v) is 3.17. The molecule has 3 rings (SSSR count). The molecule has 1 aromatic carbocycles. The molecule has 2 aliphatic rings. The van der Waals surface area contributed by atoms with Gasteiger partial charge in [0, 0.05) is 37.8 Å². The van der Waals surface area contributed by atoms with Gasteiger partial charge in [0.2, 0.25) is 11.8 Å². The number of hydrogen-bond acceptors (Lipinski definition) is 4. The first-order valence-corrected chi connectivity index (χ1v) is 8.88. The zero-order valence-corrected chi connectivity index (χ0v) is 15.0. The number of nitrogens with zero attached hydrogens (tertiary/aromatic N) is 2. The second kappa shape index (κ2) is 7.75. The summed E-state index contributed by atoms with van der Waals surface area (Å²) in [7, 11) is 0. The third-order valence-corrected chi connectivity index (χ3v) is 4.85. The lowest BCUT2D eigenvalue weighted by Gasteiger charge is -2.34. The van der Waals surface area contributed by atoms with Gasteiger partial charge in [-0.3, -0.25) is 14.5 Å². The van der Waals surface area contributed by atoms with E-state index in [-0.39, 0.29) is 30.0 Å². The monoisotopic (exact) mass is 385 g/mol. The number of amides is 2. The lowest BCUT2D eigenvalue weighted by Crippen LogP contribution is -2.51. The Kier molecular flexibility index (Phi) is 5.59. The predicted molar refractivity (Wildman–Crippen MR) is 92.0 cm³/mol. The van der Waals surface area contributed by atoms with Gasteiger partial charge in [0.25, 0.3) is 0 Å². The van der Waals surface area contributed by atoms with Crippen molar-refractivity contribution >= 4 is 17.5 Å². The van der Waals surface area contributed by atoms with Crippen molar-refractivity contribution in [1.82, 2.24) is 9.80 Å². The minimum absolute atomic E-state index is 0.169. The SMILES string of the molecule is C[C@H]1C[C@H]1C(=O)N1CCN(CC(=O)Nc2ccc(OC(F)(F)F)cc2)CC1. The zero-order valence-electron chi connectivity index (χ0n) is 15.0. The zero-order chi connectivity index (χ0) is 19.6. The molecule has 2 atom stereocenters. The van der Waals surface area contributed by atoms with Crippen molar-refractivity contribution in [3.8, 4) is 5.75 Å². The van der Waals surface area contributed by atoms with Crippen LogP contribution in [-0.4, -0.2) is 60.7 Å². The van der Waals surface area contributed by atoms with Gasteiger partial charge in [0.05, 0.1) is 6.54 Å². The molecular weight excluding hydrogens is 363 g/mol. The van der Waals surface area contributed by atoms with Gasteiger partial charge in [-0.05, 0) is 36.6 Å². The number of benzene rings is 1. The van der Waals surface area contributed by atoms with Gasteiger partial charge < -0.3 is 15.0 Å². The van der Waals surface area contributed by atoms with Crippen molar-refractivity contribution < 1.29 is 27.5 Å². The second-order valence-corrected chi connectivity index (χ2v) is 7.04. The summed E-state index contributed by atoms with van der Waals surface area (Å²) in [4.78, 5) is 28.1. The average Bonchev–Trinajstić information content (AvgIpc) is 3.32. The first kappa shape index (κ1) is 19.5. The molecule has 1 saturated carbocycles. The van der Waals surface area contributed by atoms with Crippen LogP contribution in [0.4, 0.5) is 18.9 Å². The van der Waals surface area contributed by atoms with Crippen LogP contribution in [0.1, 0.15) is 13.3 Å². The number of anilines is 1. The lowest BCUT2D eigenvalue weighted by atomic mass is 10.2. The standard InChI is InChI=1S/C18H22F3N3O3/c1-12-10-15(12)17(26)24-8-6-23(7-9-24)11-16(25)22-13-2-4-14(5-3-13)27-18(19,20)21/h2-5,12,15H,6-11H2,1H3,(H,22,25)/t12-,15+/m0/s1. The highest BCUT2D eigenvalue weighted by Crippen LogP contribution is 2.39. The molecule has 148 valence electrons. The van der Waals surface area contributed by atoms with Crippen LogP contribution in [0.15, 0.2) is 24.3 Å². The minimum atomic E-state index is -4.74. The van der Waals surface area contributed by atoms with E-state index in [1.807, 2.05) is 9.80 Å². The Morgan fingerprint density at radius 3 is 2.26 bits per heavy atom. The summed E-state index contributed by atoms with van der Waals surface area (Å²) in [6.07, 6.45) is -3.78. The molecule has 0 aromatic heterocycles. The molecule has 1 aliphatic carbocycles. The average molecular weight is 385 g/mol. The van der Waals surface area contributed by atoms with Gasteiger partial charge in [-0.25, -0.2) is 0 Å². The summed E-state index contributed by atoms with van der Waals surface area (Å²) >= 11 is 0. The normalized spacial score (nSPS) is 23.0. The van der Waals surface area contributed by atoms with Crippen LogP contribution in [0.2, 0.25) is 0 Å². The highest BCUT2D eigenvalue weighted by atomic mass is 19.4. The maximum atomic E-state index is 12.2. The van der Waals surface area contributed by atoms with E-state index >= 15 is 0 Å². The van der Waals surface area contributed by atoms with Gasteiger partial charge >= 0.3 is 6.36 Å². The molecule has 2 fully saturated rings. The Hall–Kier alpha value is -2.29. The third kappa shape index (κ3) is 5.59. The van der Waals surface area contributed by atoms with Crippen LogP contribution >= 0.6 is 0 Å². The molecule has 1 aliphatic heterocycles. The summed E-state index contributed by atoms with van der Waals surface area (Å²) in [5.74, 6) is 0.271. The molecule has 27 heavy (non-hydrogen) atoms. The van der Waals surface area contributed by atoms with Crippen molar-refractivity contribution in [3.05, 3.63) is 24.3 Å². The molecule has 1 aromatic rings. The van der Waals surface area contributed by atoms with Crippen molar-refractivity contribution in [3.63, 3.8) is 0 Å². The van der Waals surface area contributed by atoms with E-state index in [0.29, 0.717) is 37.8 Å². The summed E-state index contributed by atoms with van der Waals surface area (Å²) in [6, 6.07) is 5.00. The quantitative estimate of drug-likeness (QED) is 0.845. The molecule has 1 heterocycles. The lowest BCUT2D eigenvalue weighted by molar-refractivity contribution is -0.274. The molecule has 9 heteroatoms. The van der Waals surface area contributed by atoms with Crippen LogP contribution in [0.5, 0.6) is 5.75 Å². The number of nitrogens with one attached hydrogen (secondary N) is 1. The third-order valence-electron chi connectivity index (χ3n) is 4.85. The Morgan fingerprint density at radius 2 is 1.74 bits per heavy atom. The number of rotatable bonds is 5. The topological polar surface area (TPSA) is 61.9 Å². The molecule has 1 N–H and O–H groups in total. The Morgan fingerprint density at radius 1 is 1.15 bits per heavy atom. The number of piperazine rings is 1. The summed E-state index contributed by atoms with van der Waals surface area (Å²) in [6.45, 7) is 4.71. The van der Waals surface area contributed by atoms with E-state index in [9.17, 15) is 22.8 Å². The summed E-state index contributed by atoms with van der Waals surface area (Å²) in [5, 5.41) is 2.65. The maximum absolute atomic E-state index is 12.2. The second-order valence-electron chi connectivity index (χ2n) is 7.04. The number of carbonyl (C=O) groups is 2. The first-order chi connectivity index (χ1) is 12.7. The molecule has 0 unspecified atom stereocenters. The smallest absolute Gasteiger partial charge is 0.406 e. The fraction of sp³-hybridized carbons (Fsp3) is 0.556. The number of alkyl halides is 3. The molecule has 0 bridgehead atoms. The fourth-order valence-electron chi connectivity index (χ4n) is 3.17. The van der Waals surface area contributed by atoms with Gasteiger partial charge in [0.15, 0.2) is 0 Å². The van der Waals surface area contributed by atoms with Crippen LogP contribution < -0.4 is 10.1 Å². The van der Waals surface area contributed by atoms with Gasteiger partial charge in [-0.2, -0.15) is 0 Å². The highest BCUT2D eigenvalue weighted by molar-refractivity contribution is 5.92. The molecule has 2 amide bonds. The van der Waals surface area contributed by atoms with Crippen LogP contribution in [0.3, 0.4) is 0 Å². The number of hydrogen-bond donors (Lipinski definition) is 1. The van der Waals surface area contributed by atoms with Crippen molar-refractivity contribution in [1.29, 1.82) is 0 Å². The van der Waals surface area contributed by atoms with Gasteiger partial charge in [0.1, 0.15) is 5.75 Å². The molecule has 0 spiro atoms. The molecule has 6 nitrogen and oxygen atoms in total. The van der Waals surface area contributed by atoms with Gasteiger partial charge in [-0.1, -0.05) is 6.92 Å². The van der Waals surface area contributed by atoms with Crippen LogP contribution in [-0.2, 0) is 9.59 Å². The Balaban J connectivity index is 1.41. The number of halogens is 3. The minimum Gasteiger partial charge on any atom is -0.406 e.